The average molecular weight is 581 g/mol. The van der Waals surface area contributed by atoms with Crippen LogP contribution in [0.4, 0.5) is 5.69 Å². The fourth-order valence-corrected chi connectivity index (χ4v) is 5.07. The lowest BCUT2D eigenvalue weighted by atomic mass is 9.80. The van der Waals surface area contributed by atoms with E-state index in [1.54, 1.807) is 19.1 Å². The Morgan fingerprint density at radius 2 is 1.69 bits per heavy atom. The summed E-state index contributed by atoms with van der Waals surface area (Å²) >= 11 is 0. The molecule has 0 aromatic heterocycles. The first kappa shape index (κ1) is 31.8. The zero-order valence-electron chi connectivity index (χ0n) is 23.4. The number of anilines is 1. The third-order valence-corrected chi connectivity index (χ3v) is 7.27. The third-order valence-electron chi connectivity index (χ3n) is 7.27. The minimum absolute atomic E-state index is 0.0589. The Balaban J connectivity index is 1.75. The molecule has 3 amide bonds. The molecule has 224 valence electrons. The number of amides is 3. The van der Waals surface area contributed by atoms with E-state index in [2.05, 4.69) is 21.3 Å². The van der Waals surface area contributed by atoms with Crippen LogP contribution in [-0.2, 0) is 41.6 Å². The van der Waals surface area contributed by atoms with Gasteiger partial charge < -0.3 is 41.1 Å². The van der Waals surface area contributed by atoms with Gasteiger partial charge in [-0.15, -0.1) is 0 Å². The highest BCUT2D eigenvalue weighted by molar-refractivity contribution is 5.89. The Bertz CT molecular complexity index is 1300. The number of benzene rings is 2. The Morgan fingerprint density at radius 3 is 2.31 bits per heavy atom. The Morgan fingerprint density at radius 1 is 1.00 bits per heavy atom. The van der Waals surface area contributed by atoms with E-state index in [1.165, 1.54) is 19.1 Å². The molecule has 0 spiro atoms. The van der Waals surface area contributed by atoms with Crippen molar-refractivity contribution in [2.75, 3.05) is 5.32 Å². The highest BCUT2D eigenvalue weighted by Gasteiger charge is 2.37. The van der Waals surface area contributed by atoms with Gasteiger partial charge in [-0.25, -0.2) is 0 Å². The summed E-state index contributed by atoms with van der Waals surface area (Å²) in [5, 5.41) is 29.7. The van der Waals surface area contributed by atoms with Gasteiger partial charge in [0.25, 0.3) is 0 Å². The number of rotatable bonds is 14. The predicted molar refractivity (Wildman–Crippen MR) is 152 cm³/mol. The van der Waals surface area contributed by atoms with Gasteiger partial charge in [0.2, 0.25) is 17.7 Å². The van der Waals surface area contributed by atoms with Gasteiger partial charge in [0.05, 0.1) is 24.4 Å². The smallest absolute Gasteiger partial charge is 0.305 e. The zero-order chi connectivity index (χ0) is 30.8. The van der Waals surface area contributed by atoms with Crippen LogP contribution in [0.1, 0.15) is 37.8 Å². The van der Waals surface area contributed by atoms with Crippen LogP contribution in [0.5, 0.6) is 5.75 Å². The lowest BCUT2D eigenvalue weighted by molar-refractivity contribution is -0.139. The molecule has 0 fully saturated rings. The van der Waals surface area contributed by atoms with Crippen LogP contribution in [0.25, 0.3) is 0 Å². The van der Waals surface area contributed by atoms with Gasteiger partial charge in [-0.05, 0) is 48.1 Å². The van der Waals surface area contributed by atoms with Crippen molar-refractivity contribution < 1.29 is 39.0 Å². The summed E-state index contributed by atoms with van der Waals surface area (Å²) in [4.78, 5) is 72.9. The normalized spacial score (nSPS) is 18.5. The Kier molecular flexibility index (Phi) is 11.2. The summed E-state index contributed by atoms with van der Waals surface area (Å²) in [5.74, 6) is -3.82. The molecule has 12 heteroatoms. The summed E-state index contributed by atoms with van der Waals surface area (Å²) in [6.45, 7) is 3.03. The molecule has 6 atom stereocenters. The maximum atomic E-state index is 13.3. The quantitative estimate of drug-likeness (QED) is 0.177. The van der Waals surface area contributed by atoms with Gasteiger partial charge in [0.15, 0.2) is 0 Å². The van der Waals surface area contributed by atoms with Gasteiger partial charge in [0.1, 0.15) is 24.4 Å². The number of aldehydes is 2. The fourth-order valence-electron chi connectivity index (χ4n) is 5.07. The second-order valence-corrected chi connectivity index (χ2v) is 10.6. The maximum Gasteiger partial charge on any atom is 0.305 e. The number of carbonyl (C=O) groups excluding carboxylic acids is 5. The van der Waals surface area contributed by atoms with Crippen molar-refractivity contribution >= 4 is 42.0 Å². The van der Waals surface area contributed by atoms with Crippen LogP contribution in [0.2, 0.25) is 0 Å². The van der Waals surface area contributed by atoms with Crippen molar-refractivity contribution in [2.45, 2.75) is 63.7 Å². The van der Waals surface area contributed by atoms with Crippen molar-refractivity contribution in [3.05, 3.63) is 59.7 Å². The van der Waals surface area contributed by atoms with Crippen LogP contribution in [0, 0.1) is 11.8 Å². The zero-order valence-corrected chi connectivity index (χ0v) is 23.4. The van der Waals surface area contributed by atoms with Gasteiger partial charge in [-0.3, -0.25) is 19.2 Å². The monoisotopic (exact) mass is 580 g/mol. The summed E-state index contributed by atoms with van der Waals surface area (Å²) in [6, 6.07) is 9.96. The molecular formula is C30H36N4O8. The lowest BCUT2D eigenvalue weighted by Gasteiger charge is -2.36. The van der Waals surface area contributed by atoms with E-state index in [4.69, 9.17) is 5.11 Å². The van der Waals surface area contributed by atoms with E-state index < -0.39 is 66.1 Å². The van der Waals surface area contributed by atoms with Gasteiger partial charge in [-0.2, -0.15) is 0 Å². The standard InChI is InChI=1S/C30H36N4O8/c1-17(27(16-36)34-30(42)26(31-18(2)37)12-19-7-9-22(38)10-8-19)11-25-23(13-20-5-3-4-6-24(20)33-25)29(41)32-21(15-35)14-28(39)40/h3-10,15-17,21,23,25-27,33,38H,11-14H2,1-2H3,(H,31,37)(H,32,41)(H,34,42)(H,39,40). The molecule has 0 aliphatic carbocycles. The molecule has 1 aliphatic heterocycles. The summed E-state index contributed by atoms with van der Waals surface area (Å²) in [5.41, 5.74) is 2.37. The molecule has 3 rings (SSSR count). The number of fused-ring (bicyclic) bond motifs is 1. The number of aliphatic carboxylic acids is 1. The number of carboxylic acid groups (broad SMARTS) is 1. The molecule has 0 radical (unpaired) electrons. The number of nitrogens with one attached hydrogen (secondary N) is 4. The Labute approximate surface area is 243 Å². The first-order chi connectivity index (χ1) is 20.0. The molecular weight excluding hydrogens is 544 g/mol. The number of hydrogen-bond acceptors (Lipinski definition) is 8. The van der Waals surface area contributed by atoms with E-state index in [0.29, 0.717) is 24.6 Å². The van der Waals surface area contributed by atoms with E-state index in [9.17, 15) is 33.9 Å². The maximum absolute atomic E-state index is 13.3. The van der Waals surface area contributed by atoms with E-state index in [0.717, 1.165) is 11.3 Å². The van der Waals surface area contributed by atoms with Crippen LogP contribution < -0.4 is 21.3 Å². The fraction of sp³-hybridized carbons (Fsp3) is 0.400. The highest BCUT2D eigenvalue weighted by Crippen LogP contribution is 2.32. The molecule has 6 unspecified atom stereocenters. The number of para-hydroxylation sites is 1. The second kappa shape index (κ2) is 14.8. The predicted octanol–water partition coefficient (Wildman–Crippen LogP) is 0.961. The van der Waals surface area contributed by atoms with E-state index in [1.807, 2.05) is 24.3 Å². The number of carboxylic acids is 1. The van der Waals surface area contributed by atoms with Crippen molar-refractivity contribution in [1.29, 1.82) is 0 Å². The molecule has 1 heterocycles. The van der Waals surface area contributed by atoms with Crippen molar-refractivity contribution in [1.82, 2.24) is 16.0 Å². The van der Waals surface area contributed by atoms with Gasteiger partial charge in [-0.1, -0.05) is 37.3 Å². The Hall–Kier alpha value is -4.74. The van der Waals surface area contributed by atoms with Crippen molar-refractivity contribution in [3.63, 3.8) is 0 Å². The SMILES string of the molecule is CC(=O)NC(Cc1ccc(O)cc1)C(=O)NC(C=O)C(C)CC1Nc2ccccc2CC1C(=O)NC(C=O)CC(=O)O. The molecule has 12 nitrogen and oxygen atoms in total. The molecule has 42 heavy (non-hydrogen) atoms. The van der Waals surface area contributed by atoms with E-state index in [-0.39, 0.29) is 18.6 Å². The number of phenols is 1. The molecule has 6 N–H and O–H groups in total. The summed E-state index contributed by atoms with van der Waals surface area (Å²) in [7, 11) is 0. The molecule has 0 bridgehead atoms. The van der Waals surface area contributed by atoms with Crippen LogP contribution in [-0.4, -0.2) is 70.6 Å². The number of carbonyl (C=O) groups is 6. The number of aromatic hydroxyl groups is 1. The topological polar surface area (TPSA) is 191 Å². The van der Waals surface area contributed by atoms with Gasteiger partial charge >= 0.3 is 5.97 Å². The molecule has 2 aromatic carbocycles. The van der Waals surface area contributed by atoms with Crippen LogP contribution in [0.15, 0.2) is 48.5 Å². The second-order valence-electron chi connectivity index (χ2n) is 10.6. The molecule has 0 saturated carbocycles. The summed E-state index contributed by atoms with van der Waals surface area (Å²) < 4.78 is 0. The minimum atomic E-state index is -1.22. The first-order valence-electron chi connectivity index (χ1n) is 13.6. The van der Waals surface area contributed by atoms with E-state index >= 15 is 0 Å². The van der Waals surface area contributed by atoms with Crippen molar-refractivity contribution in [3.8, 4) is 5.75 Å². The van der Waals surface area contributed by atoms with Crippen molar-refractivity contribution in [2.24, 2.45) is 11.8 Å². The van der Waals surface area contributed by atoms with Crippen LogP contribution >= 0.6 is 0 Å². The molecule has 0 saturated heterocycles. The largest absolute Gasteiger partial charge is 0.508 e. The highest BCUT2D eigenvalue weighted by atomic mass is 16.4. The summed E-state index contributed by atoms with van der Waals surface area (Å²) in [6.07, 6.45) is 1.16. The average Bonchev–Trinajstić information content (AvgIpc) is 2.95. The molecule has 2 aromatic rings. The number of hydrogen-bond donors (Lipinski definition) is 6. The van der Waals surface area contributed by atoms with Gasteiger partial charge in [0, 0.05) is 25.1 Å². The number of phenolic OH excluding ortho intramolecular Hbond substituents is 1. The first-order valence-corrected chi connectivity index (χ1v) is 13.6. The van der Waals surface area contributed by atoms with Crippen LogP contribution in [0.3, 0.4) is 0 Å². The third kappa shape index (κ3) is 8.88. The lowest BCUT2D eigenvalue weighted by Crippen LogP contribution is -2.53. The minimum Gasteiger partial charge on any atom is -0.508 e. The molecule has 1 aliphatic rings.